The molecule has 0 fully saturated rings. The number of ether oxygens (including phenoxy) is 1. The highest BCUT2D eigenvalue weighted by Gasteiger charge is 2.00. The first-order valence-corrected chi connectivity index (χ1v) is 5.55. The Labute approximate surface area is 105 Å². The molecule has 0 aliphatic heterocycles. The summed E-state index contributed by atoms with van der Waals surface area (Å²) in [6, 6.07) is 13.5. The minimum atomic E-state index is -0.958. The zero-order valence-corrected chi connectivity index (χ0v) is 9.74. The summed E-state index contributed by atoms with van der Waals surface area (Å²) in [5, 5.41) is 8.45. The number of carbonyl (C=O) groups is 1. The summed E-state index contributed by atoms with van der Waals surface area (Å²) in [5.74, 6) is -0.958. The van der Waals surface area contributed by atoms with Crippen LogP contribution >= 0.6 is 0 Å². The van der Waals surface area contributed by atoms with E-state index in [1.54, 1.807) is 6.20 Å². The average Bonchev–Trinajstić information content (AvgIpc) is 2.40. The molecular weight excluding hydrogens is 230 g/mol. The summed E-state index contributed by atoms with van der Waals surface area (Å²) >= 11 is 0. The largest absolute Gasteiger partial charge is 0.480 e. The van der Waals surface area contributed by atoms with Gasteiger partial charge < -0.3 is 9.84 Å². The van der Waals surface area contributed by atoms with Gasteiger partial charge in [0.1, 0.15) is 6.61 Å². The highest BCUT2D eigenvalue weighted by molar-refractivity contribution is 5.68. The molecule has 0 saturated heterocycles. The molecule has 4 nitrogen and oxygen atoms in total. The van der Waals surface area contributed by atoms with Gasteiger partial charge >= 0.3 is 5.97 Å². The Kier molecular flexibility index (Phi) is 4.04. The van der Waals surface area contributed by atoms with Gasteiger partial charge in [0.2, 0.25) is 0 Å². The molecule has 0 saturated carbocycles. The topological polar surface area (TPSA) is 59.4 Å². The molecule has 1 aromatic heterocycles. The van der Waals surface area contributed by atoms with E-state index in [0.717, 1.165) is 16.8 Å². The highest BCUT2D eigenvalue weighted by atomic mass is 16.5. The van der Waals surface area contributed by atoms with Crippen LogP contribution in [0.15, 0.2) is 48.7 Å². The maximum Gasteiger partial charge on any atom is 0.329 e. The number of aromatic nitrogens is 1. The lowest BCUT2D eigenvalue weighted by molar-refractivity contribution is -0.142. The number of benzene rings is 1. The fourth-order valence-corrected chi connectivity index (χ4v) is 1.56. The van der Waals surface area contributed by atoms with Crippen molar-refractivity contribution in [3.8, 4) is 11.3 Å². The molecule has 0 amide bonds. The predicted molar refractivity (Wildman–Crippen MR) is 67.0 cm³/mol. The van der Waals surface area contributed by atoms with Crippen LogP contribution in [0.25, 0.3) is 11.3 Å². The molecule has 0 atom stereocenters. The second kappa shape index (κ2) is 5.93. The molecule has 0 aliphatic carbocycles. The Hall–Kier alpha value is -2.20. The fourth-order valence-electron chi connectivity index (χ4n) is 1.56. The molecule has 0 aliphatic rings. The molecule has 1 N–H and O–H groups in total. The van der Waals surface area contributed by atoms with Gasteiger partial charge in [0.15, 0.2) is 0 Å². The predicted octanol–water partition coefficient (Wildman–Crippen LogP) is 2.35. The minimum absolute atomic E-state index is 0.276. The van der Waals surface area contributed by atoms with Gasteiger partial charge in [0.05, 0.1) is 12.3 Å². The van der Waals surface area contributed by atoms with Crippen LogP contribution in [-0.4, -0.2) is 22.7 Å². The molecule has 0 bridgehead atoms. The van der Waals surface area contributed by atoms with Gasteiger partial charge in [-0.15, -0.1) is 0 Å². The van der Waals surface area contributed by atoms with Crippen LogP contribution in [0.2, 0.25) is 0 Å². The van der Waals surface area contributed by atoms with Crippen molar-refractivity contribution in [1.29, 1.82) is 0 Å². The number of pyridine rings is 1. The van der Waals surface area contributed by atoms with E-state index >= 15 is 0 Å². The zero-order valence-electron chi connectivity index (χ0n) is 9.74. The summed E-state index contributed by atoms with van der Waals surface area (Å²) in [4.78, 5) is 14.6. The minimum Gasteiger partial charge on any atom is -0.480 e. The van der Waals surface area contributed by atoms with Gasteiger partial charge in [-0.1, -0.05) is 30.3 Å². The van der Waals surface area contributed by atoms with E-state index in [9.17, 15) is 4.79 Å². The van der Waals surface area contributed by atoms with E-state index < -0.39 is 5.97 Å². The number of hydrogen-bond acceptors (Lipinski definition) is 3. The van der Waals surface area contributed by atoms with Crippen LogP contribution in [0.3, 0.4) is 0 Å². The molecule has 1 aromatic carbocycles. The van der Waals surface area contributed by atoms with E-state index in [-0.39, 0.29) is 6.61 Å². The third-order valence-corrected chi connectivity index (χ3v) is 2.41. The Bertz CT molecular complexity index is 508. The Morgan fingerprint density at radius 1 is 1.17 bits per heavy atom. The fraction of sp³-hybridized carbons (Fsp3) is 0.143. The zero-order chi connectivity index (χ0) is 12.8. The average molecular weight is 243 g/mol. The molecule has 18 heavy (non-hydrogen) atoms. The van der Waals surface area contributed by atoms with E-state index in [2.05, 4.69) is 4.98 Å². The second-order valence-corrected chi connectivity index (χ2v) is 3.80. The van der Waals surface area contributed by atoms with Crippen LogP contribution in [-0.2, 0) is 16.1 Å². The van der Waals surface area contributed by atoms with E-state index in [4.69, 9.17) is 9.84 Å². The molecular formula is C14H13NO3. The van der Waals surface area contributed by atoms with Crippen LogP contribution in [0, 0.1) is 0 Å². The van der Waals surface area contributed by atoms with E-state index in [1.165, 1.54) is 0 Å². The standard InChI is InChI=1S/C14H13NO3/c16-14(17)10-18-9-11-4-6-12(7-5-11)13-3-1-2-8-15-13/h1-8H,9-10H2,(H,16,17). The molecule has 0 radical (unpaired) electrons. The van der Waals surface area contributed by atoms with Crippen molar-refractivity contribution in [1.82, 2.24) is 4.98 Å². The van der Waals surface area contributed by atoms with Crippen molar-refractivity contribution in [3.05, 3.63) is 54.2 Å². The van der Waals surface area contributed by atoms with E-state index in [0.29, 0.717) is 6.61 Å². The molecule has 92 valence electrons. The lowest BCUT2D eigenvalue weighted by atomic mass is 10.1. The second-order valence-electron chi connectivity index (χ2n) is 3.80. The van der Waals surface area contributed by atoms with Gasteiger partial charge in [0.25, 0.3) is 0 Å². The van der Waals surface area contributed by atoms with Crippen molar-refractivity contribution in [3.63, 3.8) is 0 Å². The normalized spacial score (nSPS) is 10.2. The summed E-state index contributed by atoms with van der Waals surface area (Å²) in [6.07, 6.45) is 1.75. The quantitative estimate of drug-likeness (QED) is 0.875. The smallest absolute Gasteiger partial charge is 0.329 e. The maximum absolute atomic E-state index is 10.3. The van der Waals surface area contributed by atoms with Gasteiger partial charge in [-0.3, -0.25) is 4.98 Å². The summed E-state index contributed by atoms with van der Waals surface area (Å²) < 4.78 is 5.01. The lowest BCUT2D eigenvalue weighted by Gasteiger charge is -2.04. The van der Waals surface area contributed by atoms with E-state index in [1.807, 2.05) is 42.5 Å². The van der Waals surface area contributed by atoms with Gasteiger partial charge in [-0.2, -0.15) is 0 Å². The molecule has 1 heterocycles. The Balaban J connectivity index is 2.00. The maximum atomic E-state index is 10.3. The first-order chi connectivity index (χ1) is 8.75. The Morgan fingerprint density at radius 2 is 1.94 bits per heavy atom. The van der Waals surface area contributed by atoms with Gasteiger partial charge in [-0.25, -0.2) is 4.79 Å². The van der Waals surface area contributed by atoms with Crippen molar-refractivity contribution in [2.45, 2.75) is 6.61 Å². The number of carboxylic acids is 1. The van der Waals surface area contributed by atoms with Gasteiger partial charge in [-0.05, 0) is 17.7 Å². The summed E-state index contributed by atoms with van der Waals surface area (Å²) in [5.41, 5.74) is 2.88. The number of hydrogen-bond donors (Lipinski definition) is 1. The van der Waals surface area contributed by atoms with Crippen molar-refractivity contribution < 1.29 is 14.6 Å². The number of nitrogens with zero attached hydrogens (tertiary/aromatic N) is 1. The molecule has 0 unspecified atom stereocenters. The Morgan fingerprint density at radius 3 is 2.56 bits per heavy atom. The first kappa shape index (κ1) is 12.3. The van der Waals surface area contributed by atoms with Crippen molar-refractivity contribution in [2.75, 3.05) is 6.61 Å². The molecule has 0 spiro atoms. The van der Waals surface area contributed by atoms with Crippen LogP contribution < -0.4 is 0 Å². The van der Waals surface area contributed by atoms with Crippen LogP contribution in [0.5, 0.6) is 0 Å². The van der Waals surface area contributed by atoms with Crippen LogP contribution in [0.4, 0.5) is 0 Å². The summed E-state index contributed by atoms with van der Waals surface area (Å²) in [7, 11) is 0. The third-order valence-electron chi connectivity index (χ3n) is 2.41. The lowest BCUT2D eigenvalue weighted by Crippen LogP contribution is -2.06. The number of rotatable bonds is 5. The monoisotopic (exact) mass is 243 g/mol. The first-order valence-electron chi connectivity index (χ1n) is 5.55. The third kappa shape index (κ3) is 3.40. The van der Waals surface area contributed by atoms with Gasteiger partial charge in [0, 0.05) is 11.8 Å². The van der Waals surface area contributed by atoms with Crippen molar-refractivity contribution >= 4 is 5.97 Å². The molecule has 2 rings (SSSR count). The molecule has 2 aromatic rings. The number of aliphatic carboxylic acids is 1. The highest BCUT2D eigenvalue weighted by Crippen LogP contribution is 2.17. The SMILES string of the molecule is O=C(O)COCc1ccc(-c2ccccn2)cc1. The number of carboxylic acid groups (broad SMARTS) is 1. The summed E-state index contributed by atoms with van der Waals surface area (Å²) in [6.45, 7) is 0.0246. The van der Waals surface area contributed by atoms with Crippen molar-refractivity contribution in [2.24, 2.45) is 0 Å². The molecule has 4 heteroatoms. The van der Waals surface area contributed by atoms with Crippen LogP contribution in [0.1, 0.15) is 5.56 Å².